The minimum Gasteiger partial charge on any atom is -0.370 e. The van der Waals surface area contributed by atoms with Gasteiger partial charge in [0, 0.05) is 27.2 Å². The fraction of sp³-hybridized carbons (Fsp3) is 0.778. The van der Waals surface area contributed by atoms with Gasteiger partial charge in [-0.1, -0.05) is 0 Å². The quantitative estimate of drug-likeness (QED) is 0.652. The van der Waals surface area contributed by atoms with Crippen LogP contribution < -0.4 is 5.73 Å². The van der Waals surface area contributed by atoms with Crippen molar-refractivity contribution in [1.82, 2.24) is 4.90 Å². The summed E-state index contributed by atoms with van der Waals surface area (Å²) < 4.78 is 4.90. The number of carbonyl (C=O) groups is 1. The Morgan fingerprint density at radius 2 is 2.29 bits per heavy atom. The van der Waals surface area contributed by atoms with Gasteiger partial charge in [0.15, 0.2) is 0 Å². The van der Waals surface area contributed by atoms with Gasteiger partial charge in [-0.05, 0) is 6.92 Å². The number of amides is 1. The molecule has 0 heterocycles. The van der Waals surface area contributed by atoms with Gasteiger partial charge in [-0.2, -0.15) is 5.26 Å². The van der Waals surface area contributed by atoms with Gasteiger partial charge in [-0.3, -0.25) is 4.79 Å². The molecule has 0 aliphatic carbocycles. The SMILES string of the molecule is COC(CN)C(=O)N(C)CC(C)C#N. The van der Waals surface area contributed by atoms with Gasteiger partial charge < -0.3 is 15.4 Å². The Morgan fingerprint density at radius 1 is 1.71 bits per heavy atom. The standard InChI is InChI=1S/C9H17N3O2/c1-7(4-10)6-12(2)9(13)8(5-11)14-3/h7-8H,5-6,11H2,1-3H3. The summed E-state index contributed by atoms with van der Waals surface area (Å²) in [6.45, 7) is 2.31. The van der Waals surface area contributed by atoms with Crippen molar-refractivity contribution < 1.29 is 9.53 Å². The number of likely N-dealkylation sites (N-methyl/N-ethyl adjacent to an activating group) is 1. The molecule has 1 amide bonds. The zero-order chi connectivity index (χ0) is 11.1. The van der Waals surface area contributed by atoms with Gasteiger partial charge in [0.2, 0.25) is 0 Å². The van der Waals surface area contributed by atoms with Crippen molar-refractivity contribution in [3.63, 3.8) is 0 Å². The average molecular weight is 199 g/mol. The van der Waals surface area contributed by atoms with E-state index < -0.39 is 6.10 Å². The van der Waals surface area contributed by atoms with Gasteiger partial charge in [0.05, 0.1) is 12.0 Å². The number of carbonyl (C=O) groups excluding carboxylic acids is 1. The molecule has 0 rings (SSSR count). The first-order valence-electron chi connectivity index (χ1n) is 4.44. The fourth-order valence-corrected chi connectivity index (χ4v) is 1.09. The third kappa shape index (κ3) is 3.73. The molecule has 2 N–H and O–H groups in total. The van der Waals surface area contributed by atoms with Crippen molar-refractivity contribution >= 4 is 5.91 Å². The summed E-state index contributed by atoms with van der Waals surface area (Å²) in [6.07, 6.45) is -0.606. The molecule has 0 radical (unpaired) electrons. The van der Waals surface area contributed by atoms with E-state index in [-0.39, 0.29) is 18.4 Å². The van der Waals surface area contributed by atoms with Crippen LogP contribution in [0.4, 0.5) is 0 Å². The number of nitriles is 1. The van der Waals surface area contributed by atoms with E-state index >= 15 is 0 Å². The number of rotatable bonds is 5. The third-order valence-corrected chi connectivity index (χ3v) is 1.92. The van der Waals surface area contributed by atoms with Gasteiger partial charge in [-0.25, -0.2) is 0 Å². The zero-order valence-corrected chi connectivity index (χ0v) is 8.86. The van der Waals surface area contributed by atoms with Crippen LogP contribution in [0.1, 0.15) is 6.92 Å². The van der Waals surface area contributed by atoms with E-state index in [2.05, 4.69) is 6.07 Å². The Kier molecular flexibility index (Phi) is 5.84. The van der Waals surface area contributed by atoms with Crippen molar-refractivity contribution in [3.05, 3.63) is 0 Å². The van der Waals surface area contributed by atoms with Gasteiger partial charge in [0.1, 0.15) is 6.10 Å². The highest BCUT2D eigenvalue weighted by atomic mass is 16.5. The van der Waals surface area contributed by atoms with Crippen LogP contribution in [0.2, 0.25) is 0 Å². The molecule has 0 aliphatic rings. The molecule has 80 valence electrons. The summed E-state index contributed by atoms with van der Waals surface area (Å²) in [7, 11) is 3.08. The molecule has 5 nitrogen and oxygen atoms in total. The summed E-state index contributed by atoms with van der Waals surface area (Å²) in [5, 5.41) is 8.57. The molecule has 0 aromatic carbocycles. The second-order valence-corrected chi connectivity index (χ2v) is 3.21. The largest absolute Gasteiger partial charge is 0.370 e. The molecule has 14 heavy (non-hydrogen) atoms. The first-order valence-corrected chi connectivity index (χ1v) is 4.44. The maximum Gasteiger partial charge on any atom is 0.252 e. The van der Waals surface area contributed by atoms with E-state index in [1.807, 2.05) is 0 Å². The Balaban J connectivity index is 4.18. The van der Waals surface area contributed by atoms with Gasteiger partial charge in [0.25, 0.3) is 5.91 Å². The van der Waals surface area contributed by atoms with Crippen LogP contribution in [0.15, 0.2) is 0 Å². The lowest BCUT2D eigenvalue weighted by atomic mass is 10.2. The summed E-state index contributed by atoms with van der Waals surface area (Å²) in [6, 6.07) is 2.06. The Hall–Kier alpha value is -1.12. The first-order chi connectivity index (χ1) is 6.56. The molecule has 5 heteroatoms. The lowest BCUT2D eigenvalue weighted by molar-refractivity contribution is -0.140. The average Bonchev–Trinajstić information content (AvgIpc) is 2.19. The fourth-order valence-electron chi connectivity index (χ4n) is 1.09. The number of nitrogens with two attached hydrogens (primary N) is 1. The lowest BCUT2D eigenvalue weighted by Crippen LogP contribution is -2.43. The Labute approximate surface area is 84.4 Å². The predicted octanol–water partition coefficient (Wildman–Crippen LogP) is -0.422. The number of hydrogen-bond donors (Lipinski definition) is 1. The van der Waals surface area contributed by atoms with E-state index in [1.54, 1.807) is 14.0 Å². The van der Waals surface area contributed by atoms with Crippen LogP contribution in [-0.2, 0) is 9.53 Å². The van der Waals surface area contributed by atoms with E-state index in [9.17, 15) is 4.79 Å². The maximum absolute atomic E-state index is 11.6. The second kappa shape index (κ2) is 6.35. The molecule has 0 aromatic rings. The minimum atomic E-state index is -0.606. The number of nitrogens with zero attached hydrogens (tertiary/aromatic N) is 2. The van der Waals surface area contributed by atoms with Gasteiger partial charge >= 0.3 is 0 Å². The number of methoxy groups -OCH3 is 1. The molecule has 0 aliphatic heterocycles. The lowest BCUT2D eigenvalue weighted by Gasteiger charge is -2.22. The summed E-state index contributed by atoms with van der Waals surface area (Å²) in [5.74, 6) is -0.365. The molecular formula is C9H17N3O2. The molecule has 0 bridgehead atoms. The van der Waals surface area contributed by atoms with Crippen LogP contribution >= 0.6 is 0 Å². The van der Waals surface area contributed by atoms with Crippen molar-refractivity contribution in [2.75, 3.05) is 27.2 Å². The van der Waals surface area contributed by atoms with Crippen molar-refractivity contribution in [2.24, 2.45) is 11.7 Å². The predicted molar refractivity (Wildman–Crippen MR) is 52.3 cm³/mol. The van der Waals surface area contributed by atoms with E-state index in [4.69, 9.17) is 15.7 Å². The molecule has 0 saturated carbocycles. The highest BCUT2D eigenvalue weighted by molar-refractivity contribution is 5.80. The highest BCUT2D eigenvalue weighted by Crippen LogP contribution is 2.00. The maximum atomic E-state index is 11.6. The van der Waals surface area contributed by atoms with Gasteiger partial charge in [-0.15, -0.1) is 0 Å². The van der Waals surface area contributed by atoms with E-state index in [0.29, 0.717) is 6.54 Å². The topological polar surface area (TPSA) is 79.3 Å². The Bertz CT molecular complexity index is 221. The van der Waals surface area contributed by atoms with E-state index in [1.165, 1.54) is 12.0 Å². The molecule has 0 saturated heterocycles. The second-order valence-electron chi connectivity index (χ2n) is 3.21. The van der Waals surface area contributed by atoms with Crippen molar-refractivity contribution in [2.45, 2.75) is 13.0 Å². The molecule has 0 aromatic heterocycles. The summed E-state index contributed by atoms with van der Waals surface area (Å²) in [4.78, 5) is 13.0. The van der Waals surface area contributed by atoms with Crippen LogP contribution in [0.5, 0.6) is 0 Å². The first kappa shape index (κ1) is 12.9. The minimum absolute atomic E-state index is 0.153. The monoisotopic (exact) mass is 199 g/mol. The smallest absolute Gasteiger partial charge is 0.252 e. The third-order valence-electron chi connectivity index (χ3n) is 1.92. The van der Waals surface area contributed by atoms with E-state index in [0.717, 1.165) is 0 Å². The molecule has 0 fully saturated rings. The van der Waals surface area contributed by atoms with Crippen LogP contribution in [0.3, 0.4) is 0 Å². The molecular weight excluding hydrogens is 182 g/mol. The van der Waals surface area contributed by atoms with Crippen molar-refractivity contribution in [1.29, 1.82) is 5.26 Å². The normalized spacial score (nSPS) is 14.2. The molecule has 0 spiro atoms. The van der Waals surface area contributed by atoms with Crippen LogP contribution in [-0.4, -0.2) is 44.2 Å². The number of hydrogen-bond acceptors (Lipinski definition) is 4. The highest BCUT2D eigenvalue weighted by Gasteiger charge is 2.20. The molecule has 2 atom stereocenters. The molecule has 2 unspecified atom stereocenters. The van der Waals surface area contributed by atoms with Crippen LogP contribution in [0.25, 0.3) is 0 Å². The zero-order valence-electron chi connectivity index (χ0n) is 8.86. The van der Waals surface area contributed by atoms with Crippen LogP contribution in [0, 0.1) is 17.2 Å². The van der Waals surface area contributed by atoms with Crippen molar-refractivity contribution in [3.8, 4) is 6.07 Å². The number of ether oxygens (including phenoxy) is 1. The Morgan fingerprint density at radius 3 is 2.64 bits per heavy atom. The summed E-state index contributed by atoms with van der Waals surface area (Å²) >= 11 is 0. The summed E-state index contributed by atoms with van der Waals surface area (Å²) in [5.41, 5.74) is 5.35.